The monoisotopic (exact) mass is 186 g/mol. The van der Waals surface area contributed by atoms with Crippen LogP contribution in [-0.4, -0.2) is 11.5 Å². The van der Waals surface area contributed by atoms with Gasteiger partial charge in [0.1, 0.15) is 10.3 Å². The molecule has 0 aromatic carbocycles. The van der Waals surface area contributed by atoms with Crippen molar-refractivity contribution in [2.45, 2.75) is 11.0 Å². The van der Waals surface area contributed by atoms with Gasteiger partial charge in [0.15, 0.2) is 0 Å². The van der Waals surface area contributed by atoms with E-state index >= 15 is 0 Å². The Labute approximate surface area is 74.9 Å². The van der Waals surface area contributed by atoms with Gasteiger partial charge in [-0.25, -0.2) is 0 Å². The summed E-state index contributed by atoms with van der Waals surface area (Å²) in [4.78, 5) is 0. The molecule has 0 spiro atoms. The fourth-order valence-electron chi connectivity index (χ4n) is 1.08. The van der Waals surface area contributed by atoms with Crippen molar-refractivity contribution in [2.75, 3.05) is 11.5 Å². The Morgan fingerprint density at radius 2 is 2.18 bits per heavy atom. The van der Waals surface area contributed by atoms with Crippen LogP contribution in [0.3, 0.4) is 0 Å². The molecule has 1 fully saturated rings. The molecule has 0 aliphatic carbocycles. The molecule has 0 saturated carbocycles. The fourth-order valence-corrected chi connectivity index (χ4v) is 3.87. The summed E-state index contributed by atoms with van der Waals surface area (Å²) in [5.74, 6) is 3.68. The number of furan rings is 1. The molecule has 1 aliphatic heterocycles. The second-order valence-corrected chi connectivity index (χ2v) is 5.17. The van der Waals surface area contributed by atoms with E-state index in [2.05, 4.69) is 6.07 Å². The second kappa shape index (κ2) is 3.59. The van der Waals surface area contributed by atoms with Gasteiger partial charge in [-0.3, -0.25) is 0 Å². The predicted molar refractivity (Wildman–Crippen MR) is 51.0 cm³/mol. The van der Waals surface area contributed by atoms with Crippen molar-refractivity contribution in [3.05, 3.63) is 24.2 Å². The van der Waals surface area contributed by atoms with Gasteiger partial charge in [0.25, 0.3) is 0 Å². The van der Waals surface area contributed by atoms with Crippen LogP contribution < -0.4 is 0 Å². The summed E-state index contributed by atoms with van der Waals surface area (Å²) < 4.78 is 5.89. The maximum atomic E-state index is 5.33. The van der Waals surface area contributed by atoms with Crippen LogP contribution in [0, 0.1) is 0 Å². The lowest BCUT2D eigenvalue weighted by Gasteiger charge is -2.18. The Bertz CT molecular complexity index is 202. The highest BCUT2D eigenvalue weighted by atomic mass is 32.2. The van der Waals surface area contributed by atoms with E-state index in [-0.39, 0.29) is 0 Å². The molecule has 0 radical (unpaired) electrons. The van der Waals surface area contributed by atoms with Crippen LogP contribution in [0.15, 0.2) is 22.8 Å². The van der Waals surface area contributed by atoms with E-state index in [1.165, 1.54) is 17.9 Å². The molecule has 2 heterocycles. The van der Waals surface area contributed by atoms with E-state index in [1.54, 1.807) is 6.26 Å². The van der Waals surface area contributed by atoms with Crippen LogP contribution in [0.1, 0.15) is 16.8 Å². The smallest absolute Gasteiger partial charge is 0.126 e. The van der Waals surface area contributed by atoms with Gasteiger partial charge in [-0.15, -0.1) is 23.5 Å². The highest BCUT2D eigenvalue weighted by molar-refractivity contribution is 8.16. The van der Waals surface area contributed by atoms with Crippen LogP contribution >= 0.6 is 23.5 Å². The molecule has 1 nitrogen and oxygen atoms in total. The normalized spacial score (nSPS) is 20.4. The topological polar surface area (TPSA) is 13.1 Å². The third-order valence-electron chi connectivity index (χ3n) is 1.60. The minimum absolute atomic E-state index is 0.554. The molecule has 0 amide bonds. The van der Waals surface area contributed by atoms with Gasteiger partial charge >= 0.3 is 0 Å². The zero-order valence-electron chi connectivity index (χ0n) is 6.16. The zero-order chi connectivity index (χ0) is 7.52. The van der Waals surface area contributed by atoms with E-state index in [4.69, 9.17) is 4.42 Å². The molecule has 60 valence electrons. The lowest BCUT2D eigenvalue weighted by Crippen LogP contribution is -1.98. The first-order valence-electron chi connectivity index (χ1n) is 3.73. The molecular weight excluding hydrogens is 176 g/mol. The van der Waals surface area contributed by atoms with Crippen LogP contribution in [0.25, 0.3) is 0 Å². The minimum Gasteiger partial charge on any atom is -0.467 e. The number of hydrogen-bond acceptors (Lipinski definition) is 3. The summed E-state index contributed by atoms with van der Waals surface area (Å²) >= 11 is 3.98. The highest BCUT2D eigenvalue weighted by Gasteiger charge is 2.18. The summed E-state index contributed by atoms with van der Waals surface area (Å²) in [5, 5.41) is 0. The van der Waals surface area contributed by atoms with Crippen molar-refractivity contribution in [3.63, 3.8) is 0 Å². The van der Waals surface area contributed by atoms with Crippen LogP contribution in [-0.2, 0) is 0 Å². The first-order valence-corrected chi connectivity index (χ1v) is 5.83. The number of rotatable bonds is 1. The molecular formula is C8H10OS2. The SMILES string of the molecule is c1coc(C2SCCCS2)c1. The van der Waals surface area contributed by atoms with Gasteiger partial charge in [0.05, 0.1) is 6.26 Å². The number of thioether (sulfide) groups is 2. The first-order chi connectivity index (χ1) is 5.47. The molecule has 0 atom stereocenters. The summed E-state index contributed by atoms with van der Waals surface area (Å²) in [7, 11) is 0. The van der Waals surface area contributed by atoms with Crippen molar-refractivity contribution in [2.24, 2.45) is 0 Å². The molecule has 1 aromatic heterocycles. The lowest BCUT2D eigenvalue weighted by molar-refractivity contribution is 0.528. The van der Waals surface area contributed by atoms with Crippen LogP contribution in [0.4, 0.5) is 0 Å². The summed E-state index contributed by atoms with van der Waals surface area (Å²) in [6, 6.07) is 4.03. The Morgan fingerprint density at radius 3 is 2.82 bits per heavy atom. The minimum atomic E-state index is 0.554. The van der Waals surface area contributed by atoms with Gasteiger partial charge in [0, 0.05) is 0 Å². The molecule has 1 aliphatic rings. The molecule has 11 heavy (non-hydrogen) atoms. The Morgan fingerprint density at radius 1 is 1.36 bits per heavy atom. The standard InChI is InChI=1S/C8H10OS2/c1-3-7(9-4-1)8-10-5-2-6-11-8/h1,3-4,8H,2,5-6H2. The summed E-state index contributed by atoms with van der Waals surface area (Å²) in [6.07, 6.45) is 3.09. The van der Waals surface area contributed by atoms with E-state index in [0.717, 1.165) is 5.76 Å². The first kappa shape index (κ1) is 7.62. The van der Waals surface area contributed by atoms with Gasteiger partial charge in [0.2, 0.25) is 0 Å². The van der Waals surface area contributed by atoms with Gasteiger partial charge in [-0.2, -0.15) is 0 Å². The molecule has 1 aromatic rings. The number of hydrogen-bond donors (Lipinski definition) is 0. The Hall–Kier alpha value is -0.0200. The average molecular weight is 186 g/mol. The summed E-state index contributed by atoms with van der Waals surface area (Å²) in [6.45, 7) is 0. The molecule has 0 unspecified atom stereocenters. The van der Waals surface area contributed by atoms with Crippen LogP contribution in [0.2, 0.25) is 0 Å². The third kappa shape index (κ3) is 1.76. The van der Waals surface area contributed by atoms with E-state index < -0.39 is 0 Å². The van der Waals surface area contributed by atoms with Gasteiger partial charge < -0.3 is 4.42 Å². The van der Waals surface area contributed by atoms with E-state index in [0.29, 0.717) is 4.58 Å². The zero-order valence-corrected chi connectivity index (χ0v) is 7.79. The van der Waals surface area contributed by atoms with E-state index in [9.17, 15) is 0 Å². The Kier molecular flexibility index (Phi) is 2.48. The maximum Gasteiger partial charge on any atom is 0.126 e. The molecule has 2 rings (SSSR count). The fraction of sp³-hybridized carbons (Fsp3) is 0.500. The predicted octanol–water partition coefficient (Wildman–Crippen LogP) is 3.15. The molecule has 0 N–H and O–H groups in total. The summed E-state index contributed by atoms with van der Waals surface area (Å²) in [5.41, 5.74) is 0. The van der Waals surface area contributed by atoms with E-state index in [1.807, 2.05) is 29.6 Å². The van der Waals surface area contributed by atoms with Gasteiger partial charge in [-0.05, 0) is 30.1 Å². The third-order valence-corrected chi connectivity index (χ3v) is 4.54. The largest absolute Gasteiger partial charge is 0.467 e. The molecule has 1 saturated heterocycles. The van der Waals surface area contributed by atoms with Crippen molar-refractivity contribution in [1.29, 1.82) is 0 Å². The van der Waals surface area contributed by atoms with Gasteiger partial charge in [-0.1, -0.05) is 0 Å². The maximum absolute atomic E-state index is 5.33. The van der Waals surface area contributed by atoms with Crippen molar-refractivity contribution < 1.29 is 4.42 Å². The average Bonchev–Trinajstić information content (AvgIpc) is 2.58. The van der Waals surface area contributed by atoms with Crippen molar-refractivity contribution >= 4 is 23.5 Å². The van der Waals surface area contributed by atoms with Crippen molar-refractivity contribution in [3.8, 4) is 0 Å². The second-order valence-electron chi connectivity index (χ2n) is 2.44. The molecule has 0 bridgehead atoms. The quantitative estimate of drug-likeness (QED) is 0.669. The Balaban J connectivity index is 2.04. The lowest BCUT2D eigenvalue weighted by atomic mass is 10.5. The van der Waals surface area contributed by atoms with Crippen molar-refractivity contribution in [1.82, 2.24) is 0 Å². The van der Waals surface area contributed by atoms with Crippen LogP contribution in [0.5, 0.6) is 0 Å². The molecule has 3 heteroatoms. The highest BCUT2D eigenvalue weighted by Crippen LogP contribution is 2.43.